The monoisotopic (exact) mass is 1550 g/mol. The van der Waals surface area contributed by atoms with E-state index in [0.29, 0.717) is 84.7 Å². The summed E-state index contributed by atoms with van der Waals surface area (Å²) in [6.45, 7) is 23.9. The third-order valence-corrected chi connectivity index (χ3v) is 22.8. The number of fused-ring (bicyclic) bond motifs is 2. The zero-order chi connectivity index (χ0) is 80.2. The molecule has 7 N–H and O–H groups in total. The maximum Gasteiger partial charge on any atom is 0.414 e. The summed E-state index contributed by atoms with van der Waals surface area (Å²) in [6, 6.07) is 19.4. The molecule has 27 heteroatoms. The van der Waals surface area contributed by atoms with E-state index >= 15 is 0 Å². The van der Waals surface area contributed by atoms with Crippen molar-refractivity contribution < 1.29 is 91.9 Å². The lowest BCUT2D eigenvalue weighted by Crippen LogP contribution is -2.47. The number of ether oxygens (including phenoxy) is 6. The van der Waals surface area contributed by atoms with Crippen LogP contribution in [-0.4, -0.2) is 180 Å². The average molecular weight is 1550 g/mol. The molecule has 6 aliphatic heterocycles. The highest BCUT2D eigenvalue weighted by Gasteiger charge is 2.51. The number of rotatable bonds is 10. The summed E-state index contributed by atoms with van der Waals surface area (Å²) in [7, 11) is 1.47. The van der Waals surface area contributed by atoms with Crippen molar-refractivity contribution in [2.75, 3.05) is 81.3 Å². The van der Waals surface area contributed by atoms with Crippen molar-refractivity contribution in [1.29, 1.82) is 0 Å². The normalized spacial score (nSPS) is 27.9. The van der Waals surface area contributed by atoms with Crippen molar-refractivity contribution in [3.63, 3.8) is 0 Å². The molecule has 13 rings (SSSR count). The van der Waals surface area contributed by atoms with E-state index in [4.69, 9.17) is 45.0 Å². The van der Waals surface area contributed by atoms with Gasteiger partial charge in [-0.25, -0.2) is 14.2 Å². The lowest BCUT2D eigenvalue weighted by Gasteiger charge is -2.38. The Bertz CT molecular complexity index is 4680. The van der Waals surface area contributed by atoms with Gasteiger partial charge in [0.2, 0.25) is 17.5 Å². The Balaban J connectivity index is 0.000000198. The zero-order valence-electron chi connectivity index (χ0n) is 64.8. The van der Waals surface area contributed by atoms with E-state index in [0.717, 1.165) is 50.3 Å². The fraction of sp³-hybridized carbons (Fsp3) is 0.488. The predicted octanol–water partition coefficient (Wildman–Crippen LogP) is 11.2. The molecular weight excluding hydrogens is 1450 g/mol. The highest BCUT2D eigenvalue weighted by molar-refractivity contribution is 6.52. The Hall–Kier alpha value is -9.57. The number of benzene rings is 5. The number of nitrogens with one attached hydrogen (secondary N) is 2. The number of hydrogen-bond donors (Lipinski definition) is 7. The average Bonchev–Trinajstić information content (AvgIpc) is 1.55. The molecule has 5 aromatic carbocycles. The van der Waals surface area contributed by atoms with Gasteiger partial charge in [0, 0.05) is 135 Å². The number of nitrogens with zero attached hydrogens (tertiary/aromatic N) is 5. The van der Waals surface area contributed by atoms with Crippen LogP contribution in [0, 0.1) is 48.2 Å². The fourth-order valence-corrected chi connectivity index (χ4v) is 16.4. The predicted molar refractivity (Wildman–Crippen MR) is 415 cm³/mol. The summed E-state index contributed by atoms with van der Waals surface area (Å²) in [5.74, 6) is -7.85. The number of halogens is 2. The van der Waals surface area contributed by atoms with Gasteiger partial charge in [0.1, 0.15) is 51.7 Å². The van der Waals surface area contributed by atoms with Crippen molar-refractivity contribution in [3.8, 4) is 17.2 Å². The van der Waals surface area contributed by atoms with Gasteiger partial charge < -0.3 is 74.4 Å². The lowest BCUT2D eigenvalue weighted by atomic mass is 9.72. The summed E-state index contributed by atoms with van der Waals surface area (Å²) >= 11 is 5.96. The second-order valence-electron chi connectivity index (χ2n) is 30.8. The smallest absolute Gasteiger partial charge is 0.414 e. The highest BCUT2D eigenvalue weighted by Crippen LogP contribution is 2.52. The second kappa shape index (κ2) is 34.6. The van der Waals surface area contributed by atoms with E-state index in [1.54, 1.807) is 102 Å². The summed E-state index contributed by atoms with van der Waals surface area (Å²) < 4.78 is 48.9. The number of piperidine rings is 1. The zero-order valence-corrected chi connectivity index (χ0v) is 65.6. The van der Waals surface area contributed by atoms with Gasteiger partial charge in [-0.15, -0.1) is 0 Å². The molecule has 10 atom stereocenters. The van der Waals surface area contributed by atoms with Gasteiger partial charge in [-0.2, -0.15) is 0 Å². The van der Waals surface area contributed by atoms with Gasteiger partial charge in [-0.1, -0.05) is 108 Å². The first-order valence-electron chi connectivity index (χ1n) is 38.0. The van der Waals surface area contributed by atoms with E-state index in [9.17, 15) is 63.5 Å². The van der Waals surface area contributed by atoms with Gasteiger partial charge in [0.15, 0.2) is 5.75 Å². The molecule has 1 spiro atoms. The topological polar surface area (TPSA) is 335 Å². The first kappa shape index (κ1) is 82.4. The van der Waals surface area contributed by atoms with Gasteiger partial charge in [0.25, 0.3) is 11.7 Å². The van der Waals surface area contributed by atoms with E-state index in [2.05, 4.69) is 46.5 Å². The fourth-order valence-electron chi connectivity index (χ4n) is 16.3. The number of phenols is 2. The number of Topliss-reactive ketones (excluding diaryl/α,β-unsaturated/α-hetero) is 3. The maximum atomic E-state index is 14.7. The molecule has 2 aliphatic carbocycles. The molecule has 3 amide bonds. The quantitative estimate of drug-likeness (QED) is 0.0388. The number of morpholine rings is 1. The number of carbonyl (C=O) groups is 7. The number of aliphatic hydroxyl groups is 3. The molecule has 6 heterocycles. The van der Waals surface area contributed by atoms with Crippen LogP contribution in [0.3, 0.4) is 0 Å². The number of phenolic OH excluding ortho intramolecular Hbond substituents is 2. The third-order valence-electron chi connectivity index (χ3n) is 22.6. The van der Waals surface area contributed by atoms with Crippen LogP contribution < -0.4 is 35.9 Å². The number of likely N-dealkylation sites (tertiary alicyclic amines) is 1. The van der Waals surface area contributed by atoms with E-state index in [-0.39, 0.29) is 86.2 Å². The van der Waals surface area contributed by atoms with Crippen molar-refractivity contribution in [3.05, 3.63) is 158 Å². The Kier molecular flexibility index (Phi) is 25.7. The molecule has 0 aromatic heterocycles. The summed E-state index contributed by atoms with van der Waals surface area (Å²) in [4.78, 5) is 104. The molecule has 0 radical (unpaired) electrons. The van der Waals surface area contributed by atoms with Crippen molar-refractivity contribution in [2.45, 2.75) is 163 Å². The van der Waals surface area contributed by atoms with Crippen molar-refractivity contribution >= 4 is 86.4 Å². The molecule has 4 fully saturated rings. The largest absolute Gasteiger partial charge is 0.507 e. The molecule has 0 unspecified atom stereocenters. The molecule has 4 bridgehead atoms. The standard InChI is InChI=1S/C46H62N4O11.C22H19ClO3.C16H20FN3O4/c1-22(2)21-50-18-16-46(17-19-50)48-34-31-32-39(54)28(8)42-33(31)43(56)45(10,61-42)59-20-15-30(58-11)25(5)41(60-29(9)51)27(7)38(53)26(6)37(52)23(3)13-12-14-24(4)44(57)47-36(40(32)55)35(34)49-46;23-16-11-9-14(10-12-16)13-5-7-15(8-6-13)19-20(24)17-3-1-2-4-18(17)21(25)22(19)26;1-11(21)18-9-13-10-20(16(22)24-13)12-2-3-15(14(17)8-12)19-4-6-23-7-5-19/h12-15,20,22-23,25-27,30,37-38,41,48,52-55H,16-19,21H2,1-11H3;1-4,9-13,15,24H,5-8H2;2-3,8,13H,4-7,9-10H2,1H3,(H,18,21)/b13-12-,20-15-,24-14-,47-36?;;/t23-,25+,26+,27+,30-,37-,38+,41+,45-;;13-/m0.0/s1. The van der Waals surface area contributed by atoms with Gasteiger partial charge in [-0.05, 0) is 99.3 Å². The molecule has 111 heavy (non-hydrogen) atoms. The van der Waals surface area contributed by atoms with Gasteiger partial charge >= 0.3 is 17.8 Å². The Labute approximate surface area is 649 Å². The number of aromatic hydroxyl groups is 2. The molecule has 1 saturated carbocycles. The van der Waals surface area contributed by atoms with Gasteiger partial charge in [-0.3, -0.25) is 38.7 Å². The van der Waals surface area contributed by atoms with E-state index < -0.39 is 107 Å². The molecule has 25 nitrogen and oxygen atoms in total. The molecule has 8 aliphatic rings. The Morgan fingerprint density at radius 2 is 1.48 bits per heavy atom. The second-order valence-corrected chi connectivity index (χ2v) is 31.3. The number of ketones is 3. The third kappa shape index (κ3) is 17.6. The first-order valence-corrected chi connectivity index (χ1v) is 38.4. The van der Waals surface area contributed by atoms with Gasteiger partial charge in [0.05, 0.1) is 78.9 Å². The molecular formula is C84H101ClFN7O18. The number of allylic oxidation sites excluding steroid dienone is 3. The number of aliphatic hydroxyl groups excluding tert-OH is 3. The van der Waals surface area contributed by atoms with Crippen LogP contribution in [0.15, 0.2) is 118 Å². The van der Waals surface area contributed by atoms with Crippen LogP contribution in [0.25, 0.3) is 16.5 Å². The summed E-state index contributed by atoms with van der Waals surface area (Å²) in [6.07, 6.45) is 7.51. The molecule has 3 saturated heterocycles. The number of anilines is 3. The van der Waals surface area contributed by atoms with Crippen LogP contribution in [0.4, 0.5) is 26.2 Å². The maximum absolute atomic E-state index is 14.7. The van der Waals surface area contributed by atoms with Crippen LogP contribution >= 0.6 is 11.6 Å². The van der Waals surface area contributed by atoms with Crippen LogP contribution in [0.5, 0.6) is 17.2 Å². The minimum atomic E-state index is -1.95. The Morgan fingerprint density at radius 3 is 2.12 bits per heavy atom. The SMILES string of the molecule is CC(=O)NC[C@H]1CN(c2ccc(N3CCOCC3)c(F)c2)C(=O)O1.CO[C@H]1/C=C\O[C@@]2(C)Oc3c(C)c(O)c4c(O)c(c5c(c4c3C2=O)NC2(CCN(CC(C)C)CC2)N=5)=NC(=O)/C(C)=C\C=C/[C@H](C)[C@H](O)[C@@H](C)[C@@H](O)[C@@H](C)[C@H](OC(C)=O)[C@@H]1C.O=C1C(=O)c2ccccc2C(O)=C1C1CCC(c2ccc(Cl)cc2)CC1. The lowest BCUT2D eigenvalue weighted by molar-refractivity contribution is -0.160. The van der Waals surface area contributed by atoms with E-state index in [1.165, 1.54) is 50.7 Å². The van der Waals surface area contributed by atoms with E-state index in [1.807, 2.05) is 17.0 Å². The highest BCUT2D eigenvalue weighted by atomic mass is 35.5. The van der Waals surface area contributed by atoms with Crippen molar-refractivity contribution in [1.82, 2.24) is 10.2 Å². The van der Waals surface area contributed by atoms with Crippen LogP contribution in [0.1, 0.15) is 151 Å². The minimum Gasteiger partial charge on any atom is -0.507 e. The van der Waals surface area contributed by atoms with Crippen molar-refractivity contribution in [2.24, 2.45) is 45.5 Å². The molecule has 594 valence electrons. The summed E-state index contributed by atoms with van der Waals surface area (Å²) in [5, 5.41) is 64.5. The minimum absolute atomic E-state index is 0.0138. The molecule has 5 aromatic rings. The Morgan fingerprint density at radius 1 is 0.811 bits per heavy atom. The number of methoxy groups -OCH3 is 1. The van der Waals surface area contributed by atoms with Crippen LogP contribution in [0.2, 0.25) is 5.02 Å². The summed E-state index contributed by atoms with van der Waals surface area (Å²) in [5.41, 5.74) is 3.18. The first-order chi connectivity index (χ1) is 52.7. The number of hydrogen-bond acceptors (Lipinski definition) is 22. The number of amides is 3. The number of cyclic esters (lactones) is 1. The number of esters is 1. The number of carbonyl (C=O) groups excluding carboxylic acids is 7. The van der Waals surface area contributed by atoms with Crippen LogP contribution in [-0.2, 0) is 42.9 Å².